The first-order chi connectivity index (χ1) is 9.72. The van der Waals surface area contributed by atoms with Gasteiger partial charge in [-0.2, -0.15) is 0 Å². The van der Waals surface area contributed by atoms with E-state index >= 15 is 0 Å². The minimum atomic E-state index is -0.389. The van der Waals surface area contributed by atoms with E-state index in [0.717, 1.165) is 38.6 Å². The van der Waals surface area contributed by atoms with Crippen molar-refractivity contribution in [2.45, 2.75) is 51.5 Å². The van der Waals surface area contributed by atoms with E-state index in [9.17, 15) is 4.79 Å². The molecule has 4 heteroatoms. The Labute approximate surface area is 120 Å². The normalized spacial score (nSPS) is 21.9. The Morgan fingerprint density at radius 1 is 1.40 bits per heavy atom. The summed E-state index contributed by atoms with van der Waals surface area (Å²) in [5.41, 5.74) is 0.265. The maximum Gasteiger partial charge on any atom is 0.184 e. The summed E-state index contributed by atoms with van der Waals surface area (Å²) in [6.07, 6.45) is 8.12. The van der Waals surface area contributed by atoms with Crippen molar-refractivity contribution in [1.82, 2.24) is 10.3 Å². The zero-order chi connectivity index (χ0) is 14.4. The molecular weight excluding hydrogens is 252 g/mol. The molecule has 20 heavy (non-hydrogen) atoms. The highest BCUT2D eigenvalue weighted by Gasteiger charge is 2.40. The summed E-state index contributed by atoms with van der Waals surface area (Å²) in [7, 11) is 0. The van der Waals surface area contributed by atoms with Crippen molar-refractivity contribution < 1.29 is 9.53 Å². The van der Waals surface area contributed by atoms with Crippen LogP contribution >= 0.6 is 0 Å². The molecule has 1 saturated heterocycles. The van der Waals surface area contributed by atoms with Crippen molar-refractivity contribution in [2.24, 2.45) is 0 Å². The van der Waals surface area contributed by atoms with E-state index in [-0.39, 0.29) is 11.3 Å². The minimum absolute atomic E-state index is 0.159. The van der Waals surface area contributed by atoms with Gasteiger partial charge in [-0.25, -0.2) is 0 Å². The molecule has 4 nitrogen and oxygen atoms in total. The van der Waals surface area contributed by atoms with Crippen LogP contribution in [0.3, 0.4) is 0 Å². The van der Waals surface area contributed by atoms with Crippen molar-refractivity contribution in [3.05, 3.63) is 24.0 Å². The number of ether oxygens (including phenoxy) is 1. The first-order valence-electron chi connectivity index (χ1n) is 7.59. The summed E-state index contributed by atoms with van der Waals surface area (Å²) in [5, 5.41) is 3.41. The molecule has 1 atom stereocenters. The summed E-state index contributed by atoms with van der Waals surface area (Å²) in [6, 6.07) is 1.82. The fraction of sp³-hybridized carbons (Fsp3) is 0.625. The number of nitrogens with one attached hydrogen (secondary N) is 1. The Bertz CT molecular complexity index is 454. The molecule has 0 saturated carbocycles. The first kappa shape index (κ1) is 15.0. The van der Waals surface area contributed by atoms with E-state index in [1.54, 1.807) is 12.4 Å². The molecule has 0 spiro atoms. The Hall–Kier alpha value is -1.42. The van der Waals surface area contributed by atoms with Crippen LogP contribution in [0.15, 0.2) is 18.5 Å². The fourth-order valence-electron chi connectivity index (χ4n) is 2.87. The molecule has 0 bridgehead atoms. The van der Waals surface area contributed by atoms with Crippen molar-refractivity contribution in [2.75, 3.05) is 13.2 Å². The molecule has 0 radical (unpaired) electrons. The molecule has 2 heterocycles. The topological polar surface area (TPSA) is 51.2 Å². The lowest BCUT2D eigenvalue weighted by Crippen LogP contribution is -2.47. The number of Topliss-reactive ketones (excluding diaryl/α,β-unsaturated/α-hetero) is 1. The third-order valence-corrected chi connectivity index (χ3v) is 3.80. The van der Waals surface area contributed by atoms with Gasteiger partial charge in [-0.1, -0.05) is 20.3 Å². The van der Waals surface area contributed by atoms with Crippen LogP contribution in [0.5, 0.6) is 5.75 Å². The lowest BCUT2D eigenvalue weighted by molar-refractivity contribution is 0.0857. The molecule has 1 fully saturated rings. The zero-order valence-corrected chi connectivity index (χ0v) is 12.4. The van der Waals surface area contributed by atoms with Crippen molar-refractivity contribution >= 4 is 5.78 Å². The first-order valence-corrected chi connectivity index (χ1v) is 7.59. The molecule has 1 aromatic rings. The maximum atomic E-state index is 12.8. The predicted molar refractivity (Wildman–Crippen MR) is 79.2 cm³/mol. The van der Waals surface area contributed by atoms with Crippen LogP contribution < -0.4 is 10.1 Å². The number of ketones is 1. The molecule has 2 rings (SSSR count). The highest BCUT2D eigenvalue weighted by Crippen LogP contribution is 2.29. The number of pyridine rings is 1. The largest absolute Gasteiger partial charge is 0.492 e. The lowest BCUT2D eigenvalue weighted by Gasteiger charge is -2.27. The SMILES string of the molecule is CCCOc1cncc(C(=O)C2(CCC)CCCN2)c1. The molecule has 0 amide bonds. The van der Waals surface area contributed by atoms with Crippen LogP contribution in [-0.4, -0.2) is 29.5 Å². The van der Waals surface area contributed by atoms with Gasteiger partial charge in [0.1, 0.15) is 5.75 Å². The Morgan fingerprint density at radius 2 is 2.25 bits per heavy atom. The summed E-state index contributed by atoms with van der Waals surface area (Å²) in [6.45, 7) is 5.75. The number of hydrogen-bond donors (Lipinski definition) is 1. The Morgan fingerprint density at radius 3 is 2.90 bits per heavy atom. The molecule has 0 aliphatic carbocycles. The molecule has 1 aliphatic rings. The average molecular weight is 276 g/mol. The highest BCUT2D eigenvalue weighted by atomic mass is 16.5. The monoisotopic (exact) mass is 276 g/mol. The standard InChI is InChI=1S/C16H24N2O2/c1-3-6-16(7-5-8-18-16)15(19)13-10-14(12-17-11-13)20-9-4-2/h10-12,18H,3-9H2,1-2H3. The van der Waals surface area contributed by atoms with Crippen LogP contribution in [0, 0.1) is 0 Å². The van der Waals surface area contributed by atoms with Gasteiger partial charge in [0.2, 0.25) is 0 Å². The van der Waals surface area contributed by atoms with Crippen LogP contribution in [0.2, 0.25) is 0 Å². The fourth-order valence-corrected chi connectivity index (χ4v) is 2.87. The maximum absolute atomic E-state index is 12.8. The second-order valence-corrected chi connectivity index (χ2v) is 5.45. The van der Waals surface area contributed by atoms with Crippen LogP contribution in [0.1, 0.15) is 56.3 Å². The summed E-state index contributed by atoms with van der Waals surface area (Å²) in [4.78, 5) is 17.0. The summed E-state index contributed by atoms with van der Waals surface area (Å²) < 4.78 is 5.57. The van der Waals surface area contributed by atoms with Gasteiger partial charge >= 0.3 is 0 Å². The van der Waals surface area contributed by atoms with Gasteiger partial charge in [-0.05, 0) is 38.3 Å². The van der Waals surface area contributed by atoms with Crippen molar-refractivity contribution in [1.29, 1.82) is 0 Å². The highest BCUT2D eigenvalue weighted by molar-refractivity contribution is 6.03. The van der Waals surface area contributed by atoms with Crippen LogP contribution in [0.25, 0.3) is 0 Å². The van der Waals surface area contributed by atoms with E-state index < -0.39 is 0 Å². The van der Waals surface area contributed by atoms with E-state index in [4.69, 9.17) is 4.74 Å². The van der Waals surface area contributed by atoms with E-state index in [2.05, 4.69) is 24.1 Å². The smallest absolute Gasteiger partial charge is 0.184 e. The number of carbonyl (C=O) groups is 1. The average Bonchev–Trinajstić information content (AvgIpc) is 2.95. The number of carbonyl (C=O) groups excluding carboxylic acids is 1. The third kappa shape index (κ3) is 3.18. The number of rotatable bonds is 7. The van der Waals surface area contributed by atoms with Gasteiger partial charge in [0.05, 0.1) is 18.3 Å². The summed E-state index contributed by atoms with van der Waals surface area (Å²) >= 11 is 0. The van der Waals surface area contributed by atoms with E-state index in [1.165, 1.54) is 0 Å². The van der Waals surface area contributed by atoms with Gasteiger partial charge in [-0.15, -0.1) is 0 Å². The number of nitrogens with zero attached hydrogens (tertiary/aromatic N) is 1. The van der Waals surface area contributed by atoms with Gasteiger partial charge in [0, 0.05) is 11.8 Å². The molecule has 0 aromatic carbocycles. The third-order valence-electron chi connectivity index (χ3n) is 3.80. The van der Waals surface area contributed by atoms with E-state index in [0.29, 0.717) is 17.9 Å². The quantitative estimate of drug-likeness (QED) is 0.778. The Kier molecular flexibility index (Phi) is 5.12. The summed E-state index contributed by atoms with van der Waals surface area (Å²) in [5.74, 6) is 0.841. The predicted octanol–water partition coefficient (Wildman–Crippen LogP) is 2.98. The molecule has 1 unspecified atom stereocenters. The van der Waals surface area contributed by atoms with Gasteiger partial charge in [0.25, 0.3) is 0 Å². The van der Waals surface area contributed by atoms with Crippen molar-refractivity contribution in [3.8, 4) is 5.75 Å². The van der Waals surface area contributed by atoms with Crippen LogP contribution in [0.4, 0.5) is 0 Å². The minimum Gasteiger partial charge on any atom is -0.492 e. The zero-order valence-electron chi connectivity index (χ0n) is 12.4. The Balaban J connectivity index is 2.18. The number of hydrogen-bond acceptors (Lipinski definition) is 4. The van der Waals surface area contributed by atoms with Gasteiger partial charge in [0.15, 0.2) is 5.78 Å². The molecule has 110 valence electrons. The molecule has 1 N–H and O–H groups in total. The van der Waals surface area contributed by atoms with Gasteiger partial charge < -0.3 is 10.1 Å². The van der Waals surface area contributed by atoms with E-state index in [1.807, 2.05) is 6.07 Å². The number of aromatic nitrogens is 1. The molecule has 1 aliphatic heterocycles. The van der Waals surface area contributed by atoms with Gasteiger partial charge in [-0.3, -0.25) is 9.78 Å². The van der Waals surface area contributed by atoms with Crippen molar-refractivity contribution in [3.63, 3.8) is 0 Å². The second kappa shape index (κ2) is 6.84. The lowest BCUT2D eigenvalue weighted by atomic mass is 9.84. The molecule has 1 aromatic heterocycles. The van der Waals surface area contributed by atoms with Crippen LogP contribution in [-0.2, 0) is 0 Å². The molecular formula is C16H24N2O2. The second-order valence-electron chi connectivity index (χ2n) is 5.45.